The monoisotopic (exact) mass is 275 g/mol. The van der Waals surface area contributed by atoms with Crippen molar-refractivity contribution < 1.29 is 0 Å². The van der Waals surface area contributed by atoms with Crippen molar-refractivity contribution in [3.8, 4) is 0 Å². The molecule has 1 aromatic heterocycles. The van der Waals surface area contributed by atoms with Gasteiger partial charge >= 0.3 is 0 Å². The molecular formula is C15H21N3S. The fourth-order valence-corrected chi connectivity index (χ4v) is 4.23. The zero-order valence-electron chi connectivity index (χ0n) is 11.6. The zero-order valence-corrected chi connectivity index (χ0v) is 12.5. The molecule has 0 spiro atoms. The maximum atomic E-state index is 6.16. The van der Waals surface area contributed by atoms with Crippen LogP contribution in [0.2, 0.25) is 0 Å². The number of anilines is 1. The number of para-hydroxylation sites is 1. The molecule has 1 aromatic carbocycles. The van der Waals surface area contributed by atoms with Crippen molar-refractivity contribution in [2.45, 2.75) is 43.9 Å². The Labute approximate surface area is 118 Å². The molecule has 2 aromatic rings. The lowest BCUT2D eigenvalue weighted by Gasteiger charge is -2.28. The number of rotatable bonds is 3. The van der Waals surface area contributed by atoms with Gasteiger partial charge in [0.15, 0.2) is 0 Å². The Morgan fingerprint density at radius 3 is 2.79 bits per heavy atom. The van der Waals surface area contributed by atoms with Gasteiger partial charge < -0.3 is 10.3 Å². The van der Waals surface area contributed by atoms with Crippen LogP contribution in [0, 0.1) is 6.92 Å². The summed E-state index contributed by atoms with van der Waals surface area (Å²) in [6.07, 6.45) is 7.49. The summed E-state index contributed by atoms with van der Waals surface area (Å²) in [5.74, 6) is 0.657. The fourth-order valence-electron chi connectivity index (χ4n) is 3.28. The van der Waals surface area contributed by atoms with Gasteiger partial charge in [0.25, 0.3) is 0 Å². The number of fused-ring (bicyclic) bond motifs is 1. The van der Waals surface area contributed by atoms with Crippen molar-refractivity contribution in [3.63, 3.8) is 0 Å². The Hall–Kier alpha value is -1.16. The molecule has 0 unspecified atom stereocenters. The summed E-state index contributed by atoms with van der Waals surface area (Å²) >= 11 is 2.00. The van der Waals surface area contributed by atoms with Gasteiger partial charge in [0.05, 0.1) is 11.0 Å². The van der Waals surface area contributed by atoms with Crippen LogP contribution in [-0.2, 0) is 6.54 Å². The van der Waals surface area contributed by atoms with Crippen LogP contribution in [0.3, 0.4) is 0 Å². The van der Waals surface area contributed by atoms with Crippen LogP contribution in [0.5, 0.6) is 0 Å². The number of aryl methyl sites for hydroxylation is 1. The quantitative estimate of drug-likeness (QED) is 0.930. The smallest absolute Gasteiger partial charge is 0.201 e. The summed E-state index contributed by atoms with van der Waals surface area (Å²) in [4.78, 5) is 4.51. The van der Waals surface area contributed by atoms with Gasteiger partial charge in [-0.1, -0.05) is 25.0 Å². The molecular weight excluding hydrogens is 254 g/mol. The van der Waals surface area contributed by atoms with Crippen molar-refractivity contribution in [3.05, 3.63) is 23.8 Å². The third-order valence-electron chi connectivity index (χ3n) is 4.39. The average molecular weight is 275 g/mol. The molecule has 0 radical (unpaired) electrons. The lowest BCUT2D eigenvalue weighted by atomic mass is 10.1. The third kappa shape index (κ3) is 2.12. The SMILES string of the molecule is CSC1(Cn2c(N)nc3cccc(C)c32)CCCC1. The first kappa shape index (κ1) is 12.9. The molecule has 1 saturated carbocycles. The molecule has 0 aliphatic heterocycles. The van der Waals surface area contributed by atoms with E-state index in [9.17, 15) is 0 Å². The number of hydrogen-bond acceptors (Lipinski definition) is 3. The predicted molar refractivity (Wildman–Crippen MR) is 83.6 cm³/mol. The van der Waals surface area contributed by atoms with Crippen molar-refractivity contribution in [2.24, 2.45) is 0 Å². The van der Waals surface area contributed by atoms with E-state index >= 15 is 0 Å². The van der Waals surface area contributed by atoms with Crippen molar-refractivity contribution in [2.75, 3.05) is 12.0 Å². The highest BCUT2D eigenvalue weighted by Crippen LogP contribution is 2.42. The molecule has 4 heteroatoms. The van der Waals surface area contributed by atoms with Crippen molar-refractivity contribution in [1.29, 1.82) is 0 Å². The van der Waals surface area contributed by atoms with Crippen LogP contribution in [0.1, 0.15) is 31.2 Å². The van der Waals surface area contributed by atoms with Crippen LogP contribution < -0.4 is 5.73 Å². The van der Waals surface area contributed by atoms with E-state index in [1.165, 1.54) is 36.8 Å². The van der Waals surface area contributed by atoms with Gasteiger partial charge in [-0.25, -0.2) is 4.98 Å². The van der Waals surface area contributed by atoms with Crippen LogP contribution >= 0.6 is 11.8 Å². The van der Waals surface area contributed by atoms with E-state index in [0.29, 0.717) is 10.7 Å². The number of imidazole rings is 1. The molecule has 0 saturated heterocycles. The first-order valence-electron chi connectivity index (χ1n) is 6.92. The van der Waals surface area contributed by atoms with Crippen LogP contribution in [0.15, 0.2) is 18.2 Å². The molecule has 1 aliphatic rings. The second-order valence-corrected chi connectivity index (χ2v) is 6.87. The number of nitrogens with zero attached hydrogens (tertiary/aromatic N) is 2. The van der Waals surface area contributed by atoms with Gasteiger partial charge in [0.2, 0.25) is 5.95 Å². The number of aromatic nitrogens is 2. The number of nitrogen functional groups attached to an aromatic ring is 1. The summed E-state index contributed by atoms with van der Waals surface area (Å²) in [6.45, 7) is 3.13. The summed E-state index contributed by atoms with van der Waals surface area (Å²) < 4.78 is 2.58. The van der Waals surface area contributed by atoms with Crippen molar-refractivity contribution >= 4 is 28.7 Å². The van der Waals surface area contributed by atoms with Gasteiger partial charge in [-0.05, 0) is 37.7 Å². The lowest BCUT2D eigenvalue weighted by molar-refractivity contribution is 0.517. The van der Waals surface area contributed by atoms with Gasteiger partial charge in [0.1, 0.15) is 0 Å². The first-order valence-corrected chi connectivity index (χ1v) is 8.14. The maximum Gasteiger partial charge on any atom is 0.201 e. The Morgan fingerprint density at radius 2 is 2.11 bits per heavy atom. The summed E-state index contributed by atoms with van der Waals surface area (Å²) in [5.41, 5.74) is 9.65. The second-order valence-electron chi connectivity index (χ2n) is 5.59. The molecule has 1 aliphatic carbocycles. The number of nitrogens with two attached hydrogens (primary N) is 1. The van der Waals surface area contributed by atoms with Crippen LogP contribution in [-0.4, -0.2) is 20.6 Å². The minimum atomic E-state index is 0.351. The Balaban J connectivity index is 2.07. The van der Waals surface area contributed by atoms with E-state index in [0.717, 1.165) is 12.1 Å². The highest BCUT2D eigenvalue weighted by Gasteiger charge is 2.34. The molecule has 102 valence electrons. The van der Waals surface area contributed by atoms with E-state index in [1.54, 1.807) is 0 Å². The molecule has 19 heavy (non-hydrogen) atoms. The minimum absolute atomic E-state index is 0.351. The van der Waals surface area contributed by atoms with E-state index in [1.807, 2.05) is 17.8 Å². The highest BCUT2D eigenvalue weighted by molar-refractivity contribution is 8.00. The highest BCUT2D eigenvalue weighted by atomic mass is 32.2. The maximum absolute atomic E-state index is 6.16. The first-order chi connectivity index (χ1) is 9.15. The van der Waals surface area contributed by atoms with Gasteiger partial charge in [-0.2, -0.15) is 11.8 Å². The molecule has 0 bridgehead atoms. The molecule has 0 atom stereocenters. The van der Waals surface area contributed by atoms with E-state index < -0.39 is 0 Å². The van der Waals surface area contributed by atoms with Crippen LogP contribution in [0.25, 0.3) is 11.0 Å². The molecule has 3 nitrogen and oxygen atoms in total. The van der Waals surface area contributed by atoms with E-state index in [2.05, 4.69) is 34.9 Å². The van der Waals surface area contributed by atoms with Gasteiger partial charge in [-0.15, -0.1) is 0 Å². The predicted octanol–water partition coefficient (Wildman–Crippen LogP) is 3.60. The molecule has 2 N–H and O–H groups in total. The number of benzene rings is 1. The Morgan fingerprint density at radius 1 is 1.37 bits per heavy atom. The number of hydrogen-bond donors (Lipinski definition) is 1. The van der Waals surface area contributed by atoms with Gasteiger partial charge in [-0.3, -0.25) is 0 Å². The van der Waals surface area contributed by atoms with Gasteiger partial charge in [0, 0.05) is 11.3 Å². The fraction of sp³-hybridized carbons (Fsp3) is 0.533. The van der Waals surface area contributed by atoms with Crippen LogP contribution in [0.4, 0.5) is 5.95 Å². The summed E-state index contributed by atoms with van der Waals surface area (Å²) in [5, 5.41) is 0. The minimum Gasteiger partial charge on any atom is -0.369 e. The number of thioether (sulfide) groups is 1. The van der Waals surface area contributed by atoms with E-state index in [4.69, 9.17) is 5.73 Å². The standard InChI is InChI=1S/C15H21N3S/c1-11-6-5-7-12-13(11)18(14(16)17-12)10-15(19-2)8-3-4-9-15/h5-7H,3-4,8-10H2,1-2H3,(H2,16,17). The van der Waals surface area contributed by atoms with E-state index in [-0.39, 0.29) is 0 Å². The Bertz CT molecular complexity index is 597. The zero-order chi connectivity index (χ0) is 13.5. The molecule has 1 heterocycles. The summed E-state index contributed by atoms with van der Waals surface area (Å²) in [7, 11) is 0. The lowest BCUT2D eigenvalue weighted by Crippen LogP contribution is -2.27. The average Bonchev–Trinajstić information content (AvgIpc) is 2.97. The molecule has 0 amide bonds. The second kappa shape index (κ2) is 4.75. The Kier molecular flexibility index (Phi) is 3.21. The normalized spacial score (nSPS) is 18.2. The molecule has 3 rings (SSSR count). The third-order valence-corrected chi connectivity index (χ3v) is 5.80. The summed E-state index contributed by atoms with van der Waals surface area (Å²) in [6, 6.07) is 6.24. The molecule has 1 fully saturated rings. The topological polar surface area (TPSA) is 43.8 Å². The largest absolute Gasteiger partial charge is 0.369 e. The van der Waals surface area contributed by atoms with Crippen molar-refractivity contribution in [1.82, 2.24) is 9.55 Å².